The number of aliphatic hydroxyl groups is 2. The molecular formula is C76H151NO5. The molecule has 1 amide bonds. The van der Waals surface area contributed by atoms with Crippen molar-refractivity contribution in [3.8, 4) is 0 Å². The van der Waals surface area contributed by atoms with E-state index >= 15 is 0 Å². The third kappa shape index (κ3) is 68.0. The number of carbonyl (C=O) groups is 2. The Morgan fingerprint density at radius 2 is 0.500 bits per heavy atom. The Hall–Kier alpha value is -1.14. The largest absolute Gasteiger partial charge is 0.466 e. The molecule has 0 aromatic rings. The van der Waals surface area contributed by atoms with Crippen molar-refractivity contribution in [3.05, 3.63) is 0 Å². The molecule has 2 unspecified atom stereocenters. The van der Waals surface area contributed by atoms with Crippen molar-refractivity contribution in [2.45, 2.75) is 463 Å². The van der Waals surface area contributed by atoms with Gasteiger partial charge in [0, 0.05) is 12.8 Å². The molecule has 0 rings (SSSR count). The molecule has 6 heteroatoms. The lowest BCUT2D eigenvalue weighted by Crippen LogP contribution is -2.45. The zero-order chi connectivity index (χ0) is 59.2. The number of ether oxygens (including phenoxy) is 1. The van der Waals surface area contributed by atoms with E-state index in [1.165, 1.54) is 379 Å². The minimum Gasteiger partial charge on any atom is -0.466 e. The van der Waals surface area contributed by atoms with Gasteiger partial charge in [-0.25, -0.2) is 0 Å². The maximum Gasteiger partial charge on any atom is 0.305 e. The summed E-state index contributed by atoms with van der Waals surface area (Å²) in [4.78, 5) is 24.6. The summed E-state index contributed by atoms with van der Waals surface area (Å²) in [5.41, 5.74) is 0. The second-order valence-corrected chi connectivity index (χ2v) is 26.7. The highest BCUT2D eigenvalue weighted by Gasteiger charge is 2.20. The smallest absolute Gasteiger partial charge is 0.305 e. The normalized spacial score (nSPS) is 12.4. The van der Waals surface area contributed by atoms with Crippen LogP contribution in [0, 0.1) is 0 Å². The van der Waals surface area contributed by atoms with Gasteiger partial charge in [-0.3, -0.25) is 9.59 Å². The number of rotatable bonds is 73. The summed E-state index contributed by atoms with van der Waals surface area (Å²) in [6, 6.07) is -0.536. The molecule has 6 nitrogen and oxygen atoms in total. The van der Waals surface area contributed by atoms with Crippen LogP contribution in [0.25, 0.3) is 0 Å². The molecule has 0 aromatic heterocycles. The third-order valence-corrected chi connectivity index (χ3v) is 18.4. The van der Waals surface area contributed by atoms with Crippen molar-refractivity contribution < 1.29 is 24.5 Å². The van der Waals surface area contributed by atoms with Crippen LogP contribution >= 0.6 is 0 Å². The Kier molecular flexibility index (Phi) is 71.3. The molecular weight excluding hydrogens is 1010 g/mol. The van der Waals surface area contributed by atoms with Gasteiger partial charge in [0.05, 0.1) is 25.4 Å². The van der Waals surface area contributed by atoms with Crippen LogP contribution in [0.15, 0.2) is 0 Å². The highest BCUT2D eigenvalue weighted by atomic mass is 16.5. The molecule has 0 radical (unpaired) electrons. The van der Waals surface area contributed by atoms with Gasteiger partial charge in [0.1, 0.15) is 0 Å². The predicted molar refractivity (Wildman–Crippen MR) is 361 cm³/mol. The summed E-state index contributed by atoms with van der Waals surface area (Å²) < 4.78 is 5.52. The van der Waals surface area contributed by atoms with E-state index in [1.807, 2.05) is 0 Å². The van der Waals surface area contributed by atoms with E-state index in [0.29, 0.717) is 25.9 Å². The van der Waals surface area contributed by atoms with Gasteiger partial charge in [-0.15, -0.1) is 0 Å². The van der Waals surface area contributed by atoms with Crippen LogP contribution in [0.5, 0.6) is 0 Å². The minimum atomic E-state index is -0.659. The van der Waals surface area contributed by atoms with Gasteiger partial charge in [-0.1, -0.05) is 412 Å². The number of amides is 1. The lowest BCUT2D eigenvalue weighted by atomic mass is 10.0. The first-order valence-corrected chi connectivity index (χ1v) is 38.3. The summed E-state index contributed by atoms with van der Waals surface area (Å²) in [7, 11) is 0. The van der Waals surface area contributed by atoms with Gasteiger partial charge >= 0.3 is 5.97 Å². The first-order chi connectivity index (χ1) is 40.5. The highest BCUT2D eigenvalue weighted by molar-refractivity contribution is 5.76. The van der Waals surface area contributed by atoms with Crippen molar-refractivity contribution in [3.63, 3.8) is 0 Å². The molecule has 0 aromatic carbocycles. The van der Waals surface area contributed by atoms with Crippen LogP contribution in [-0.2, 0) is 14.3 Å². The number of hydrogen-bond donors (Lipinski definition) is 3. The summed E-state index contributed by atoms with van der Waals surface area (Å²) in [5, 5.41) is 23.3. The Morgan fingerprint density at radius 3 is 0.744 bits per heavy atom. The molecule has 0 saturated carbocycles. The fourth-order valence-electron chi connectivity index (χ4n) is 12.6. The zero-order valence-corrected chi connectivity index (χ0v) is 56.3. The Balaban J connectivity index is 3.28. The topological polar surface area (TPSA) is 95.9 Å². The second kappa shape index (κ2) is 72.3. The predicted octanol–water partition coefficient (Wildman–Crippen LogP) is 24.9. The van der Waals surface area contributed by atoms with Gasteiger partial charge in [-0.2, -0.15) is 0 Å². The number of esters is 1. The summed E-state index contributed by atoms with van der Waals surface area (Å²) in [5.74, 6) is 0.00102. The molecule has 0 saturated heterocycles. The molecule has 0 spiro atoms. The molecule has 490 valence electrons. The minimum absolute atomic E-state index is 0.0265. The van der Waals surface area contributed by atoms with Crippen molar-refractivity contribution in [2.24, 2.45) is 0 Å². The van der Waals surface area contributed by atoms with Crippen LogP contribution in [0.3, 0.4) is 0 Å². The maximum absolute atomic E-state index is 12.5. The second-order valence-electron chi connectivity index (χ2n) is 26.7. The number of unbranched alkanes of at least 4 members (excludes halogenated alkanes) is 62. The molecule has 0 heterocycles. The van der Waals surface area contributed by atoms with Crippen LogP contribution in [-0.4, -0.2) is 47.4 Å². The Bertz CT molecular complexity index is 1200. The third-order valence-electron chi connectivity index (χ3n) is 18.4. The Morgan fingerprint density at radius 1 is 0.293 bits per heavy atom. The lowest BCUT2D eigenvalue weighted by molar-refractivity contribution is -0.143. The highest BCUT2D eigenvalue weighted by Crippen LogP contribution is 2.20. The van der Waals surface area contributed by atoms with Gasteiger partial charge in [0.2, 0.25) is 5.91 Å². The van der Waals surface area contributed by atoms with Gasteiger partial charge < -0.3 is 20.3 Å². The quantitative estimate of drug-likeness (QED) is 0.0417. The van der Waals surface area contributed by atoms with Crippen molar-refractivity contribution in [1.82, 2.24) is 5.32 Å². The average molecular weight is 1160 g/mol. The van der Waals surface area contributed by atoms with E-state index in [-0.39, 0.29) is 18.5 Å². The number of carbonyl (C=O) groups excluding carboxylic acids is 2. The van der Waals surface area contributed by atoms with Crippen LogP contribution in [0.1, 0.15) is 450 Å². The van der Waals surface area contributed by atoms with Crippen molar-refractivity contribution in [1.29, 1.82) is 0 Å². The fourth-order valence-corrected chi connectivity index (χ4v) is 12.6. The SMILES string of the molecule is CCCCCCCCCCCCCCCCCCCCC(=O)OCCCCCCCCCCCCCCCCCCCCCCCCCCCCCCCCCCCC(=O)NC(CO)C(O)CCCCCCCCCCCCCCCC. The van der Waals surface area contributed by atoms with E-state index in [1.54, 1.807) is 0 Å². The molecule has 0 aliphatic rings. The number of nitrogens with one attached hydrogen (secondary N) is 1. The summed E-state index contributed by atoms with van der Waals surface area (Å²) in [6.45, 7) is 5.01. The van der Waals surface area contributed by atoms with Gasteiger partial charge in [0.15, 0.2) is 0 Å². The molecule has 82 heavy (non-hydrogen) atoms. The van der Waals surface area contributed by atoms with E-state index in [0.717, 1.165) is 38.5 Å². The summed E-state index contributed by atoms with van der Waals surface area (Å²) >= 11 is 0. The molecule has 0 aliphatic heterocycles. The van der Waals surface area contributed by atoms with Crippen LogP contribution < -0.4 is 5.32 Å². The van der Waals surface area contributed by atoms with Crippen molar-refractivity contribution >= 4 is 11.9 Å². The lowest BCUT2D eigenvalue weighted by Gasteiger charge is -2.22. The molecule has 3 N–H and O–H groups in total. The van der Waals surface area contributed by atoms with E-state index in [2.05, 4.69) is 19.2 Å². The number of hydrogen-bond acceptors (Lipinski definition) is 5. The molecule has 0 bridgehead atoms. The van der Waals surface area contributed by atoms with Gasteiger partial charge in [0.25, 0.3) is 0 Å². The van der Waals surface area contributed by atoms with Crippen LogP contribution in [0.2, 0.25) is 0 Å². The number of aliphatic hydroxyl groups excluding tert-OH is 2. The zero-order valence-electron chi connectivity index (χ0n) is 56.3. The summed E-state index contributed by atoms with van der Waals surface area (Å²) in [6.07, 6.45) is 89.0. The monoisotopic (exact) mass is 1160 g/mol. The average Bonchev–Trinajstić information content (AvgIpc) is 3.48. The Labute approximate surface area is 515 Å². The van der Waals surface area contributed by atoms with Crippen molar-refractivity contribution in [2.75, 3.05) is 13.2 Å². The van der Waals surface area contributed by atoms with E-state index in [4.69, 9.17) is 4.74 Å². The van der Waals surface area contributed by atoms with Crippen LogP contribution in [0.4, 0.5) is 0 Å². The maximum atomic E-state index is 12.5. The molecule has 2 atom stereocenters. The van der Waals surface area contributed by atoms with E-state index < -0.39 is 12.1 Å². The molecule has 0 aliphatic carbocycles. The van der Waals surface area contributed by atoms with E-state index in [9.17, 15) is 19.8 Å². The first-order valence-electron chi connectivity index (χ1n) is 38.3. The standard InChI is InChI=1S/C76H151NO5/c1-3-5-7-9-11-13-15-17-19-20-39-42-46-50-54-58-62-66-70-76(81)82-71-67-63-59-55-51-47-43-40-37-35-33-31-29-27-25-23-21-22-24-26-28-30-32-34-36-38-41-45-49-53-57-61-65-69-75(80)77-73(72-78)74(79)68-64-60-56-52-48-44-18-16-14-12-10-8-6-4-2/h73-74,78-79H,3-72H2,1-2H3,(H,77,80). The fraction of sp³-hybridized carbons (Fsp3) is 0.974. The van der Waals surface area contributed by atoms with Gasteiger partial charge in [-0.05, 0) is 25.7 Å². The first kappa shape index (κ1) is 80.9. The molecule has 0 fully saturated rings.